The molecule has 4 rings (SSSR count). The Balaban J connectivity index is 1.37. The number of para-hydroxylation sites is 1. The number of carbonyl (C=O) groups excluding carboxylic acids is 1. The van der Waals surface area contributed by atoms with Gasteiger partial charge in [0.25, 0.3) is 0 Å². The highest BCUT2D eigenvalue weighted by Gasteiger charge is 2.14. The molecule has 2 aromatic carbocycles. The van der Waals surface area contributed by atoms with Crippen molar-refractivity contribution in [2.24, 2.45) is 0 Å². The van der Waals surface area contributed by atoms with Crippen LogP contribution in [0.1, 0.15) is 34.5 Å². The van der Waals surface area contributed by atoms with Crippen LogP contribution in [0.4, 0.5) is 5.69 Å². The van der Waals surface area contributed by atoms with Gasteiger partial charge < -0.3 is 5.32 Å². The summed E-state index contributed by atoms with van der Waals surface area (Å²) in [7, 11) is 0. The maximum absolute atomic E-state index is 12.5. The molecule has 0 saturated carbocycles. The van der Waals surface area contributed by atoms with Crippen molar-refractivity contribution in [2.45, 2.75) is 40.2 Å². The summed E-state index contributed by atoms with van der Waals surface area (Å²) in [4.78, 5) is 12.5. The fraction of sp³-hybridized carbons (Fsp3) is 0.240. The molecule has 0 radical (unpaired) electrons. The number of anilines is 1. The zero-order valence-corrected chi connectivity index (χ0v) is 18.2. The van der Waals surface area contributed by atoms with Crippen LogP contribution in [-0.2, 0) is 17.8 Å². The van der Waals surface area contributed by atoms with Crippen molar-refractivity contribution in [1.29, 1.82) is 0 Å². The fourth-order valence-electron chi connectivity index (χ4n) is 3.69. The molecule has 0 saturated heterocycles. The van der Waals surface area contributed by atoms with Gasteiger partial charge in [-0.15, -0.1) is 0 Å². The summed E-state index contributed by atoms with van der Waals surface area (Å²) in [6.07, 6.45) is 4.54. The normalized spacial score (nSPS) is 10.9. The Hall–Kier alpha value is -3.67. The predicted molar refractivity (Wildman–Crippen MR) is 122 cm³/mol. The Morgan fingerprint density at radius 2 is 1.74 bits per heavy atom. The molecule has 0 aliphatic heterocycles. The monoisotopic (exact) mass is 413 g/mol. The molecular weight excluding hydrogens is 386 g/mol. The number of nitrogens with one attached hydrogen (secondary N) is 1. The van der Waals surface area contributed by atoms with E-state index in [0.717, 1.165) is 29.2 Å². The molecule has 0 aliphatic carbocycles. The molecule has 0 unspecified atom stereocenters. The average Bonchev–Trinajstić information content (AvgIpc) is 3.33. The summed E-state index contributed by atoms with van der Waals surface area (Å²) in [6.45, 7) is 6.90. The van der Waals surface area contributed by atoms with Crippen molar-refractivity contribution < 1.29 is 4.79 Å². The van der Waals surface area contributed by atoms with Crippen LogP contribution in [0.25, 0.3) is 5.69 Å². The van der Waals surface area contributed by atoms with E-state index in [1.165, 1.54) is 11.1 Å². The Morgan fingerprint density at radius 1 is 1.00 bits per heavy atom. The maximum Gasteiger partial charge on any atom is 0.224 e. The third-order valence-corrected chi connectivity index (χ3v) is 5.47. The first-order valence-electron chi connectivity index (χ1n) is 10.5. The number of hydrogen-bond donors (Lipinski definition) is 1. The lowest BCUT2D eigenvalue weighted by molar-refractivity contribution is -0.116. The lowest BCUT2D eigenvalue weighted by Gasteiger charge is -2.07. The van der Waals surface area contributed by atoms with Crippen molar-refractivity contribution >= 4 is 11.6 Å². The van der Waals surface area contributed by atoms with Crippen molar-refractivity contribution in [3.63, 3.8) is 0 Å². The van der Waals surface area contributed by atoms with Crippen LogP contribution in [0.3, 0.4) is 0 Å². The third kappa shape index (κ3) is 4.91. The zero-order chi connectivity index (χ0) is 21.8. The molecule has 2 heterocycles. The van der Waals surface area contributed by atoms with E-state index in [2.05, 4.69) is 48.5 Å². The van der Waals surface area contributed by atoms with E-state index >= 15 is 0 Å². The number of amides is 1. The molecule has 0 fully saturated rings. The van der Waals surface area contributed by atoms with Gasteiger partial charge >= 0.3 is 0 Å². The van der Waals surface area contributed by atoms with Crippen LogP contribution in [0, 0.1) is 20.8 Å². The Labute approximate surface area is 182 Å². The minimum atomic E-state index is -0.0299. The summed E-state index contributed by atoms with van der Waals surface area (Å²) in [6, 6.07) is 18.3. The molecule has 158 valence electrons. The molecule has 31 heavy (non-hydrogen) atoms. The standard InChI is InChI=1S/C25H27N5O/c1-18-9-11-21(12-10-18)16-29-20(3)24(19(2)28-29)13-14-25(31)27-22-15-26-30(17-22)23-7-5-4-6-8-23/h4-12,15,17H,13-14,16H2,1-3H3,(H,27,31). The van der Waals surface area contributed by atoms with Gasteiger partial charge in [-0.25, -0.2) is 4.68 Å². The van der Waals surface area contributed by atoms with Crippen molar-refractivity contribution in [3.8, 4) is 5.69 Å². The maximum atomic E-state index is 12.5. The second-order valence-electron chi connectivity index (χ2n) is 7.85. The topological polar surface area (TPSA) is 64.7 Å². The Bertz CT molecular complexity index is 1170. The first-order chi connectivity index (χ1) is 15.0. The third-order valence-electron chi connectivity index (χ3n) is 5.47. The van der Waals surface area contributed by atoms with Crippen molar-refractivity contribution in [2.75, 3.05) is 5.32 Å². The molecule has 0 bridgehead atoms. The van der Waals surface area contributed by atoms with Gasteiger partial charge in [0.05, 0.1) is 36.0 Å². The van der Waals surface area contributed by atoms with E-state index in [-0.39, 0.29) is 5.91 Å². The summed E-state index contributed by atoms with van der Waals surface area (Å²) < 4.78 is 3.77. The Morgan fingerprint density at radius 3 is 2.48 bits per heavy atom. The summed E-state index contributed by atoms with van der Waals surface area (Å²) in [5, 5.41) is 12.0. The van der Waals surface area contributed by atoms with Crippen LogP contribution in [0.5, 0.6) is 0 Å². The van der Waals surface area contributed by atoms with E-state index in [1.54, 1.807) is 10.9 Å². The van der Waals surface area contributed by atoms with Gasteiger partial charge in [0.2, 0.25) is 5.91 Å². The molecular formula is C25H27N5O. The van der Waals surface area contributed by atoms with Crippen LogP contribution in [0.2, 0.25) is 0 Å². The predicted octanol–water partition coefficient (Wildman–Crippen LogP) is 4.61. The van der Waals surface area contributed by atoms with E-state index in [9.17, 15) is 4.79 Å². The van der Waals surface area contributed by atoms with E-state index in [0.29, 0.717) is 18.5 Å². The first kappa shape index (κ1) is 20.6. The highest BCUT2D eigenvalue weighted by molar-refractivity contribution is 5.90. The molecule has 6 heteroatoms. The fourth-order valence-corrected chi connectivity index (χ4v) is 3.69. The van der Waals surface area contributed by atoms with E-state index in [1.807, 2.05) is 48.1 Å². The molecule has 0 aliphatic rings. The molecule has 2 aromatic heterocycles. The van der Waals surface area contributed by atoms with Gasteiger partial charge in [0.1, 0.15) is 0 Å². The van der Waals surface area contributed by atoms with Crippen LogP contribution >= 0.6 is 0 Å². The highest BCUT2D eigenvalue weighted by Crippen LogP contribution is 2.18. The number of rotatable bonds is 7. The number of aromatic nitrogens is 4. The highest BCUT2D eigenvalue weighted by atomic mass is 16.1. The smallest absolute Gasteiger partial charge is 0.224 e. The summed E-state index contributed by atoms with van der Waals surface area (Å²) >= 11 is 0. The quantitative estimate of drug-likeness (QED) is 0.481. The molecule has 0 atom stereocenters. The molecule has 0 spiro atoms. The van der Waals surface area contributed by atoms with Gasteiger partial charge in [-0.2, -0.15) is 10.2 Å². The van der Waals surface area contributed by atoms with Gasteiger partial charge in [-0.05, 0) is 50.5 Å². The van der Waals surface area contributed by atoms with Gasteiger partial charge in [-0.1, -0.05) is 48.0 Å². The second-order valence-corrected chi connectivity index (χ2v) is 7.85. The van der Waals surface area contributed by atoms with Crippen molar-refractivity contribution in [1.82, 2.24) is 19.6 Å². The molecule has 6 nitrogen and oxygen atoms in total. The minimum absolute atomic E-state index is 0.0299. The second kappa shape index (κ2) is 9.00. The SMILES string of the molecule is Cc1ccc(Cn2nc(C)c(CCC(=O)Nc3cnn(-c4ccccc4)c3)c2C)cc1. The number of benzene rings is 2. The molecule has 4 aromatic rings. The van der Waals surface area contributed by atoms with Crippen molar-refractivity contribution in [3.05, 3.63) is 95.1 Å². The number of nitrogens with zero attached hydrogens (tertiary/aromatic N) is 4. The zero-order valence-electron chi connectivity index (χ0n) is 18.2. The van der Waals surface area contributed by atoms with Crippen LogP contribution < -0.4 is 5.32 Å². The van der Waals surface area contributed by atoms with E-state index in [4.69, 9.17) is 5.10 Å². The summed E-state index contributed by atoms with van der Waals surface area (Å²) in [5.41, 5.74) is 7.35. The van der Waals surface area contributed by atoms with Gasteiger partial charge in [0.15, 0.2) is 0 Å². The number of aryl methyl sites for hydroxylation is 2. The lowest BCUT2D eigenvalue weighted by atomic mass is 10.1. The van der Waals surface area contributed by atoms with Gasteiger partial charge in [0, 0.05) is 12.1 Å². The van der Waals surface area contributed by atoms with Gasteiger partial charge in [-0.3, -0.25) is 9.48 Å². The Kier molecular flexibility index (Phi) is 5.98. The number of hydrogen-bond acceptors (Lipinski definition) is 3. The summed E-state index contributed by atoms with van der Waals surface area (Å²) in [5.74, 6) is -0.0299. The van der Waals surface area contributed by atoms with E-state index < -0.39 is 0 Å². The molecule has 1 amide bonds. The minimum Gasteiger partial charge on any atom is -0.323 e. The van der Waals surface area contributed by atoms with Crippen LogP contribution in [-0.4, -0.2) is 25.5 Å². The molecule has 1 N–H and O–H groups in total. The number of carbonyl (C=O) groups is 1. The lowest BCUT2D eigenvalue weighted by Crippen LogP contribution is -2.12. The van der Waals surface area contributed by atoms with Crippen LogP contribution in [0.15, 0.2) is 67.0 Å². The largest absolute Gasteiger partial charge is 0.323 e. The average molecular weight is 414 g/mol. The first-order valence-corrected chi connectivity index (χ1v) is 10.5.